The second-order valence-corrected chi connectivity index (χ2v) is 9.13. The monoisotopic (exact) mass is 511 g/mol. The lowest BCUT2D eigenvalue weighted by Crippen LogP contribution is -2.35. The predicted molar refractivity (Wildman–Crippen MR) is 139 cm³/mol. The number of likely N-dealkylation sites (tertiary alicyclic amines) is 1. The molecule has 1 fully saturated rings. The van der Waals surface area contributed by atoms with E-state index in [1.165, 1.54) is 22.0 Å². The Hall–Kier alpha value is -3.72. The van der Waals surface area contributed by atoms with E-state index < -0.39 is 11.9 Å². The number of hydrogen-bond acceptors (Lipinski definition) is 4. The Bertz CT molecular complexity index is 1190. The zero-order valence-corrected chi connectivity index (χ0v) is 21.0. The Kier molecular flexibility index (Phi) is 10.2. The van der Waals surface area contributed by atoms with Crippen molar-refractivity contribution in [3.05, 3.63) is 71.7 Å². The fourth-order valence-electron chi connectivity index (χ4n) is 4.57. The quantitative estimate of drug-likeness (QED) is 0.396. The number of benzene rings is 2. The van der Waals surface area contributed by atoms with E-state index in [0.29, 0.717) is 19.0 Å². The third kappa shape index (κ3) is 8.42. The summed E-state index contributed by atoms with van der Waals surface area (Å²) in [5.74, 6) is -3.70. The minimum atomic E-state index is -1.82. The Morgan fingerprint density at radius 1 is 0.946 bits per heavy atom. The van der Waals surface area contributed by atoms with E-state index in [1.807, 2.05) is 19.1 Å². The number of aliphatic carboxylic acids is 2. The molecule has 0 unspecified atom stereocenters. The van der Waals surface area contributed by atoms with Crippen LogP contribution in [0, 0.1) is 5.82 Å². The number of nitrogens with one attached hydrogen (secondary N) is 1. The summed E-state index contributed by atoms with van der Waals surface area (Å²) in [5.41, 5.74) is 3.69. The van der Waals surface area contributed by atoms with Crippen molar-refractivity contribution >= 4 is 28.7 Å². The summed E-state index contributed by atoms with van der Waals surface area (Å²) in [6.07, 6.45) is 6.76. The number of piperidine rings is 1. The zero-order chi connectivity index (χ0) is 26.8. The van der Waals surface area contributed by atoms with E-state index in [-0.39, 0.29) is 11.7 Å². The van der Waals surface area contributed by atoms with E-state index in [1.54, 1.807) is 12.1 Å². The average molecular weight is 512 g/mol. The van der Waals surface area contributed by atoms with Crippen LogP contribution in [0.1, 0.15) is 43.4 Å². The third-order valence-corrected chi connectivity index (χ3v) is 6.57. The molecule has 3 N–H and O–H groups in total. The summed E-state index contributed by atoms with van der Waals surface area (Å²) in [7, 11) is 0. The molecule has 0 atom stereocenters. The maximum atomic E-state index is 13.1. The number of hydrogen-bond donors (Lipinski definition) is 3. The van der Waals surface area contributed by atoms with Gasteiger partial charge in [0.1, 0.15) is 5.82 Å². The van der Waals surface area contributed by atoms with Gasteiger partial charge < -0.3 is 25.0 Å². The molecule has 2 aromatic carbocycles. The van der Waals surface area contributed by atoms with Crippen LogP contribution in [0.4, 0.5) is 4.39 Å². The van der Waals surface area contributed by atoms with Crippen LogP contribution >= 0.6 is 0 Å². The van der Waals surface area contributed by atoms with Crippen molar-refractivity contribution in [2.24, 2.45) is 0 Å². The van der Waals surface area contributed by atoms with Crippen molar-refractivity contribution < 1.29 is 29.0 Å². The van der Waals surface area contributed by atoms with E-state index in [4.69, 9.17) is 19.8 Å². The highest BCUT2D eigenvalue weighted by molar-refractivity contribution is 6.27. The highest BCUT2D eigenvalue weighted by Gasteiger charge is 2.21. The molecule has 37 heavy (non-hydrogen) atoms. The molecule has 1 aliphatic heterocycles. The van der Waals surface area contributed by atoms with Crippen molar-refractivity contribution in [2.75, 3.05) is 26.2 Å². The molecule has 0 spiro atoms. The number of amides is 1. The Morgan fingerprint density at radius 3 is 2.22 bits per heavy atom. The van der Waals surface area contributed by atoms with Gasteiger partial charge in [-0.05, 0) is 73.4 Å². The van der Waals surface area contributed by atoms with Crippen LogP contribution < -0.4 is 5.32 Å². The summed E-state index contributed by atoms with van der Waals surface area (Å²) in [6.45, 7) is 5.83. The molecule has 8 nitrogen and oxygen atoms in total. The number of carboxylic acid groups (broad SMARTS) is 2. The van der Waals surface area contributed by atoms with Crippen LogP contribution in [0.2, 0.25) is 0 Å². The first-order chi connectivity index (χ1) is 17.8. The van der Waals surface area contributed by atoms with Crippen molar-refractivity contribution in [3.63, 3.8) is 0 Å². The van der Waals surface area contributed by atoms with E-state index in [2.05, 4.69) is 45.2 Å². The van der Waals surface area contributed by atoms with Gasteiger partial charge in [0.25, 0.3) is 0 Å². The largest absolute Gasteiger partial charge is 0.473 e. The Balaban J connectivity index is 0.000000568. The number of rotatable bonds is 8. The first-order valence-corrected chi connectivity index (χ1v) is 12.6. The lowest BCUT2D eigenvalue weighted by atomic mass is 10.0. The van der Waals surface area contributed by atoms with Gasteiger partial charge >= 0.3 is 11.9 Å². The molecule has 4 rings (SSSR count). The lowest BCUT2D eigenvalue weighted by molar-refractivity contribution is -0.159. The van der Waals surface area contributed by atoms with E-state index >= 15 is 0 Å². The predicted octanol–water partition coefficient (Wildman–Crippen LogP) is 3.88. The molecule has 1 saturated heterocycles. The molecular weight excluding hydrogens is 477 g/mol. The van der Waals surface area contributed by atoms with Crippen LogP contribution in [0.3, 0.4) is 0 Å². The molecule has 0 bridgehead atoms. The molecule has 1 amide bonds. The summed E-state index contributed by atoms with van der Waals surface area (Å²) in [4.78, 5) is 32.5. The number of carboxylic acids is 2. The van der Waals surface area contributed by atoms with Crippen LogP contribution in [0.5, 0.6) is 0 Å². The second kappa shape index (κ2) is 13.5. The summed E-state index contributed by atoms with van der Waals surface area (Å²) in [5, 5.41) is 18.9. The molecule has 0 radical (unpaired) electrons. The minimum absolute atomic E-state index is 0.117. The molecular formula is C28H34FN3O5. The first-order valence-electron chi connectivity index (χ1n) is 12.6. The number of aromatic nitrogens is 1. The minimum Gasteiger partial charge on any atom is -0.473 e. The second-order valence-electron chi connectivity index (χ2n) is 9.13. The molecule has 1 aliphatic rings. The van der Waals surface area contributed by atoms with Gasteiger partial charge in [0.15, 0.2) is 0 Å². The van der Waals surface area contributed by atoms with Gasteiger partial charge in [-0.15, -0.1) is 0 Å². The van der Waals surface area contributed by atoms with Crippen molar-refractivity contribution in [2.45, 2.75) is 45.1 Å². The van der Waals surface area contributed by atoms with Crippen molar-refractivity contribution in [1.29, 1.82) is 0 Å². The van der Waals surface area contributed by atoms with Gasteiger partial charge in [0.05, 0.1) is 0 Å². The van der Waals surface area contributed by atoms with E-state index in [9.17, 15) is 9.18 Å². The fraction of sp³-hybridized carbons (Fsp3) is 0.393. The molecule has 9 heteroatoms. The number of halogens is 1. The molecule has 198 valence electrons. The van der Waals surface area contributed by atoms with Gasteiger partial charge in [0.2, 0.25) is 5.91 Å². The molecule has 1 aromatic heterocycles. The van der Waals surface area contributed by atoms with Gasteiger partial charge in [-0.2, -0.15) is 0 Å². The van der Waals surface area contributed by atoms with Gasteiger partial charge in [-0.1, -0.05) is 24.3 Å². The maximum Gasteiger partial charge on any atom is 0.414 e. The maximum absolute atomic E-state index is 13.1. The van der Waals surface area contributed by atoms with Crippen LogP contribution in [0.15, 0.2) is 54.7 Å². The van der Waals surface area contributed by atoms with Gasteiger partial charge in [0, 0.05) is 50.4 Å². The number of nitrogens with zero attached hydrogens (tertiary/aromatic N) is 2. The van der Waals surface area contributed by atoms with Gasteiger partial charge in [-0.3, -0.25) is 4.79 Å². The standard InChI is InChI=1S/C26H32FN3O.C2H2O4/c1-2-28-26(31)10-6-21-3-7-22-12-18-30(25(22)19-21)24-13-16-29(17-14-24)15-11-20-4-8-23(27)9-5-20;3-1(4)2(5)6/h3-5,7-9,12,18-19,24H,2,6,10-11,13-17H2,1H3,(H,28,31);(H,3,4)(H,5,6). The van der Waals surface area contributed by atoms with Crippen LogP contribution in [0.25, 0.3) is 10.9 Å². The number of aryl methyl sites for hydroxylation is 1. The number of fused-ring (bicyclic) bond motifs is 1. The zero-order valence-electron chi connectivity index (χ0n) is 21.0. The highest BCUT2D eigenvalue weighted by Crippen LogP contribution is 2.28. The smallest absolute Gasteiger partial charge is 0.414 e. The number of carbonyl (C=O) groups is 3. The van der Waals surface area contributed by atoms with Gasteiger partial charge in [-0.25, -0.2) is 14.0 Å². The van der Waals surface area contributed by atoms with Crippen molar-refractivity contribution in [3.8, 4) is 0 Å². The van der Waals surface area contributed by atoms with E-state index in [0.717, 1.165) is 45.3 Å². The molecule has 0 saturated carbocycles. The summed E-state index contributed by atoms with van der Waals surface area (Å²) >= 11 is 0. The fourth-order valence-corrected chi connectivity index (χ4v) is 4.57. The summed E-state index contributed by atoms with van der Waals surface area (Å²) in [6, 6.07) is 16.2. The SMILES string of the molecule is CCNC(=O)CCc1ccc2ccn(C3CCN(CCc4ccc(F)cc4)CC3)c2c1.O=C(O)C(=O)O. The van der Waals surface area contributed by atoms with Crippen LogP contribution in [-0.4, -0.2) is 63.7 Å². The van der Waals surface area contributed by atoms with Crippen LogP contribution in [-0.2, 0) is 27.2 Å². The topological polar surface area (TPSA) is 112 Å². The lowest BCUT2D eigenvalue weighted by Gasteiger charge is -2.33. The molecule has 0 aliphatic carbocycles. The normalized spacial score (nSPS) is 14.1. The van der Waals surface area contributed by atoms with Crippen molar-refractivity contribution in [1.82, 2.24) is 14.8 Å². The third-order valence-electron chi connectivity index (χ3n) is 6.57. The molecule has 2 heterocycles. The summed E-state index contributed by atoms with van der Waals surface area (Å²) < 4.78 is 15.5. The highest BCUT2D eigenvalue weighted by atomic mass is 19.1. The number of carbonyl (C=O) groups excluding carboxylic acids is 1. The Labute approximate surface area is 215 Å². The Morgan fingerprint density at radius 2 is 1.59 bits per heavy atom. The molecule has 3 aromatic rings. The first kappa shape index (κ1) is 27.9. The average Bonchev–Trinajstić information content (AvgIpc) is 3.31.